The van der Waals surface area contributed by atoms with Gasteiger partial charge in [0.15, 0.2) is 0 Å². The molecule has 56 valence electrons. The summed E-state index contributed by atoms with van der Waals surface area (Å²) in [6.45, 7) is 0. The average Bonchev–Trinajstić information content (AvgIpc) is 1.82. The van der Waals surface area contributed by atoms with Crippen molar-refractivity contribution in [1.82, 2.24) is 10.2 Å². The minimum absolute atomic E-state index is 0.170. The van der Waals surface area contributed by atoms with E-state index in [1.54, 1.807) is 0 Å². The molecule has 0 bridgehead atoms. The summed E-state index contributed by atoms with van der Waals surface area (Å²) in [5.74, 6) is -0.247. The van der Waals surface area contributed by atoms with E-state index in [1.165, 1.54) is 7.05 Å². The molecule has 5 heteroatoms. The van der Waals surface area contributed by atoms with Gasteiger partial charge in [0.25, 0.3) is 0 Å². The Balaban J connectivity index is 2.66. The van der Waals surface area contributed by atoms with E-state index in [0.29, 0.717) is 0 Å². The highest BCUT2D eigenvalue weighted by Crippen LogP contribution is 2.07. The predicted molar refractivity (Wildman–Crippen MR) is 35.6 cm³/mol. The molecule has 3 amide bonds. The first-order chi connectivity index (χ1) is 4.61. The Hall–Kier alpha value is -0.770. The van der Waals surface area contributed by atoms with E-state index in [9.17, 15) is 9.59 Å². The summed E-state index contributed by atoms with van der Waals surface area (Å²) in [5, 5.41) is 2.39. The summed E-state index contributed by atoms with van der Waals surface area (Å²) in [5.41, 5.74) is -0.545. The zero-order chi connectivity index (χ0) is 7.72. The first-order valence-electron chi connectivity index (χ1n) is 2.82. The second-order valence-corrected chi connectivity index (χ2v) is 2.60. The summed E-state index contributed by atoms with van der Waals surface area (Å²) in [6.07, 6.45) is 0.170. The van der Waals surface area contributed by atoms with E-state index in [-0.39, 0.29) is 12.3 Å². The van der Waals surface area contributed by atoms with Gasteiger partial charge in [0.1, 0.15) is 5.50 Å². The van der Waals surface area contributed by atoms with Crippen molar-refractivity contribution >= 4 is 23.5 Å². The van der Waals surface area contributed by atoms with Crippen LogP contribution in [0.2, 0.25) is 0 Å². The van der Waals surface area contributed by atoms with Crippen molar-refractivity contribution in [3.63, 3.8) is 0 Å². The van der Waals surface area contributed by atoms with Gasteiger partial charge in [-0.15, -0.1) is 0 Å². The molecule has 1 atom stereocenters. The van der Waals surface area contributed by atoms with Crippen molar-refractivity contribution in [1.29, 1.82) is 0 Å². The van der Waals surface area contributed by atoms with Crippen molar-refractivity contribution in [2.24, 2.45) is 0 Å². The number of urea groups is 1. The molecule has 0 saturated carbocycles. The number of imide groups is 1. The van der Waals surface area contributed by atoms with Crippen molar-refractivity contribution in [3.8, 4) is 0 Å². The van der Waals surface area contributed by atoms with Gasteiger partial charge in [-0.05, 0) is 0 Å². The standard InChI is InChI=1S/C5H7ClN2O2/c1-8-4(9)2-3(6)7-5(8)10/h3H,2H2,1H3,(H,7,10). The van der Waals surface area contributed by atoms with E-state index in [4.69, 9.17) is 11.6 Å². The van der Waals surface area contributed by atoms with Gasteiger partial charge in [0.05, 0.1) is 6.42 Å². The molecule has 1 unspecified atom stereocenters. The number of nitrogens with one attached hydrogen (secondary N) is 1. The van der Waals surface area contributed by atoms with Gasteiger partial charge in [-0.3, -0.25) is 9.69 Å². The lowest BCUT2D eigenvalue weighted by Crippen LogP contribution is -2.50. The number of alkyl halides is 1. The second-order valence-electron chi connectivity index (χ2n) is 2.07. The van der Waals surface area contributed by atoms with Crippen LogP contribution in [0.25, 0.3) is 0 Å². The quantitative estimate of drug-likeness (QED) is 0.407. The van der Waals surface area contributed by atoms with Crippen molar-refractivity contribution in [2.45, 2.75) is 11.9 Å². The molecule has 0 aromatic carbocycles. The lowest BCUT2D eigenvalue weighted by Gasteiger charge is -2.24. The third-order valence-electron chi connectivity index (χ3n) is 1.31. The monoisotopic (exact) mass is 162 g/mol. The molecule has 0 spiro atoms. The summed E-state index contributed by atoms with van der Waals surface area (Å²) < 4.78 is 0. The Bertz CT molecular complexity index is 164. The highest BCUT2D eigenvalue weighted by atomic mass is 35.5. The number of hydrogen-bond acceptors (Lipinski definition) is 2. The zero-order valence-electron chi connectivity index (χ0n) is 5.43. The second kappa shape index (κ2) is 2.46. The van der Waals surface area contributed by atoms with Crippen molar-refractivity contribution in [3.05, 3.63) is 0 Å². The largest absolute Gasteiger partial charge is 0.324 e. The van der Waals surface area contributed by atoms with Crippen LogP contribution in [0.3, 0.4) is 0 Å². The van der Waals surface area contributed by atoms with Crippen molar-refractivity contribution < 1.29 is 9.59 Å². The maximum atomic E-state index is 10.8. The highest BCUT2D eigenvalue weighted by molar-refractivity contribution is 6.23. The third kappa shape index (κ3) is 1.21. The number of rotatable bonds is 0. The molecule has 1 saturated heterocycles. The van der Waals surface area contributed by atoms with Crippen LogP contribution in [0.1, 0.15) is 6.42 Å². The number of halogens is 1. The molecule has 0 radical (unpaired) electrons. The maximum absolute atomic E-state index is 10.8. The van der Waals surface area contributed by atoms with Gasteiger partial charge < -0.3 is 5.32 Å². The molecule has 1 heterocycles. The Morgan fingerprint density at radius 1 is 1.70 bits per heavy atom. The van der Waals surface area contributed by atoms with Crippen LogP contribution >= 0.6 is 11.6 Å². The third-order valence-corrected chi connectivity index (χ3v) is 1.58. The smallest absolute Gasteiger partial charge is 0.321 e. The fraction of sp³-hybridized carbons (Fsp3) is 0.600. The topological polar surface area (TPSA) is 49.4 Å². The Labute approximate surface area is 63.1 Å². The van der Waals surface area contributed by atoms with E-state index in [0.717, 1.165) is 4.90 Å². The van der Waals surface area contributed by atoms with E-state index in [2.05, 4.69) is 5.32 Å². The summed E-state index contributed by atoms with van der Waals surface area (Å²) >= 11 is 5.49. The van der Waals surface area contributed by atoms with Crippen LogP contribution in [0.5, 0.6) is 0 Å². The number of nitrogens with zero attached hydrogens (tertiary/aromatic N) is 1. The summed E-state index contributed by atoms with van der Waals surface area (Å²) in [6, 6.07) is -0.434. The number of carbonyl (C=O) groups is 2. The molecular weight excluding hydrogens is 156 g/mol. The number of hydrogen-bond donors (Lipinski definition) is 1. The highest BCUT2D eigenvalue weighted by Gasteiger charge is 2.27. The van der Waals surface area contributed by atoms with Crippen LogP contribution in [-0.4, -0.2) is 29.4 Å². The van der Waals surface area contributed by atoms with Crippen LogP contribution < -0.4 is 5.32 Å². The first-order valence-corrected chi connectivity index (χ1v) is 3.26. The van der Waals surface area contributed by atoms with Crippen LogP contribution in [0.15, 0.2) is 0 Å². The molecule has 1 N–H and O–H groups in total. The minimum atomic E-state index is -0.545. The average molecular weight is 163 g/mol. The summed E-state index contributed by atoms with van der Waals surface area (Å²) in [7, 11) is 1.42. The zero-order valence-corrected chi connectivity index (χ0v) is 6.18. The predicted octanol–water partition coefficient (Wildman–Crippen LogP) is 0.123. The Kier molecular flexibility index (Phi) is 1.80. The molecule has 1 fully saturated rings. The maximum Gasteiger partial charge on any atom is 0.324 e. The molecule has 0 aliphatic carbocycles. The number of amides is 3. The fourth-order valence-electron chi connectivity index (χ4n) is 0.685. The van der Waals surface area contributed by atoms with Gasteiger partial charge in [-0.25, -0.2) is 4.79 Å². The molecule has 10 heavy (non-hydrogen) atoms. The number of carbonyl (C=O) groups excluding carboxylic acids is 2. The van der Waals surface area contributed by atoms with Gasteiger partial charge in [0, 0.05) is 7.05 Å². The molecule has 0 aromatic heterocycles. The molecule has 1 aliphatic rings. The van der Waals surface area contributed by atoms with Gasteiger partial charge in [0.2, 0.25) is 5.91 Å². The van der Waals surface area contributed by atoms with Crippen LogP contribution in [-0.2, 0) is 4.79 Å². The van der Waals surface area contributed by atoms with E-state index in [1.807, 2.05) is 0 Å². The van der Waals surface area contributed by atoms with E-state index >= 15 is 0 Å². The molecule has 1 aliphatic heterocycles. The van der Waals surface area contributed by atoms with Gasteiger partial charge >= 0.3 is 6.03 Å². The van der Waals surface area contributed by atoms with Gasteiger partial charge in [-0.1, -0.05) is 11.6 Å². The fourth-order valence-corrected chi connectivity index (χ4v) is 0.911. The van der Waals surface area contributed by atoms with Crippen molar-refractivity contribution in [2.75, 3.05) is 7.05 Å². The van der Waals surface area contributed by atoms with E-state index < -0.39 is 11.5 Å². The van der Waals surface area contributed by atoms with Gasteiger partial charge in [-0.2, -0.15) is 0 Å². The van der Waals surface area contributed by atoms with Crippen LogP contribution in [0, 0.1) is 0 Å². The first kappa shape index (κ1) is 7.34. The SMILES string of the molecule is CN1C(=O)CC(Cl)NC1=O. The van der Waals surface area contributed by atoms with Crippen LogP contribution in [0.4, 0.5) is 4.79 Å². The minimum Gasteiger partial charge on any atom is -0.321 e. The molecule has 4 nitrogen and oxygen atoms in total. The molecule has 1 rings (SSSR count). The molecule has 0 aromatic rings. The lowest BCUT2D eigenvalue weighted by atomic mass is 10.3. The lowest BCUT2D eigenvalue weighted by molar-refractivity contribution is -0.128. The molecular formula is C5H7ClN2O2. The Morgan fingerprint density at radius 2 is 2.30 bits per heavy atom. The summed E-state index contributed by atoms with van der Waals surface area (Å²) in [4.78, 5) is 22.5. The normalized spacial score (nSPS) is 26.6. The Morgan fingerprint density at radius 3 is 2.80 bits per heavy atom.